The largest absolute Gasteiger partial charge is 0.481 e. The standard InChI is InChI=1S/C9H8N2O3S2/c12-8(13)5-16-9-11-10-7(14-9)4-6-2-1-3-15-6/h1-3H,4-5H2,(H,12,13). The van der Waals surface area contributed by atoms with Crippen LogP contribution in [0, 0.1) is 0 Å². The highest BCUT2D eigenvalue weighted by Crippen LogP contribution is 2.19. The van der Waals surface area contributed by atoms with E-state index in [1.165, 1.54) is 0 Å². The number of thiophene rings is 1. The summed E-state index contributed by atoms with van der Waals surface area (Å²) in [5.41, 5.74) is 0. The van der Waals surface area contributed by atoms with Crippen LogP contribution in [0.15, 0.2) is 27.2 Å². The van der Waals surface area contributed by atoms with Crippen LogP contribution in [0.3, 0.4) is 0 Å². The van der Waals surface area contributed by atoms with E-state index in [2.05, 4.69) is 10.2 Å². The van der Waals surface area contributed by atoms with Crippen LogP contribution in [0.1, 0.15) is 10.8 Å². The molecule has 2 aromatic rings. The second-order valence-electron chi connectivity index (χ2n) is 2.90. The Morgan fingerprint density at radius 3 is 3.12 bits per heavy atom. The molecule has 0 aliphatic heterocycles. The van der Waals surface area contributed by atoms with Crippen LogP contribution in [0.2, 0.25) is 0 Å². The Balaban J connectivity index is 1.94. The summed E-state index contributed by atoms with van der Waals surface area (Å²) in [5, 5.41) is 18.4. The summed E-state index contributed by atoms with van der Waals surface area (Å²) in [5.74, 6) is -0.459. The smallest absolute Gasteiger partial charge is 0.314 e. The maximum Gasteiger partial charge on any atom is 0.314 e. The molecule has 0 saturated heterocycles. The number of thioether (sulfide) groups is 1. The fourth-order valence-corrected chi connectivity index (χ4v) is 2.25. The summed E-state index contributed by atoms with van der Waals surface area (Å²) in [6.45, 7) is 0. The molecule has 2 rings (SSSR count). The number of carboxylic acids is 1. The van der Waals surface area contributed by atoms with Crippen molar-refractivity contribution in [3.8, 4) is 0 Å². The Morgan fingerprint density at radius 2 is 2.44 bits per heavy atom. The second kappa shape index (κ2) is 5.13. The SMILES string of the molecule is O=C(O)CSc1nnc(Cc2cccs2)o1. The predicted octanol–water partition coefficient (Wildman–Crippen LogP) is 1.90. The van der Waals surface area contributed by atoms with Gasteiger partial charge in [0.05, 0.1) is 6.42 Å². The summed E-state index contributed by atoms with van der Waals surface area (Å²) in [4.78, 5) is 11.5. The van der Waals surface area contributed by atoms with Crippen molar-refractivity contribution in [3.05, 3.63) is 28.3 Å². The number of aromatic nitrogens is 2. The average molecular weight is 256 g/mol. The molecule has 0 radical (unpaired) electrons. The maximum absolute atomic E-state index is 10.3. The molecular formula is C9H8N2O3S2. The lowest BCUT2D eigenvalue weighted by Gasteiger charge is -1.90. The Bertz CT molecular complexity index is 467. The number of nitrogens with zero attached hydrogens (tertiary/aromatic N) is 2. The lowest BCUT2D eigenvalue weighted by Crippen LogP contribution is -1.97. The molecule has 5 nitrogen and oxygen atoms in total. The average Bonchev–Trinajstić information content (AvgIpc) is 2.87. The zero-order valence-electron chi connectivity index (χ0n) is 8.12. The van der Waals surface area contributed by atoms with E-state index in [9.17, 15) is 4.79 Å². The third-order valence-electron chi connectivity index (χ3n) is 1.67. The molecule has 0 unspecified atom stereocenters. The Kier molecular flexibility index (Phi) is 3.58. The van der Waals surface area contributed by atoms with Gasteiger partial charge in [-0.3, -0.25) is 4.79 Å². The van der Waals surface area contributed by atoms with Gasteiger partial charge < -0.3 is 9.52 Å². The van der Waals surface area contributed by atoms with E-state index >= 15 is 0 Å². The van der Waals surface area contributed by atoms with Crippen molar-refractivity contribution in [2.75, 3.05) is 5.75 Å². The molecular weight excluding hydrogens is 248 g/mol. The fourth-order valence-electron chi connectivity index (χ4n) is 1.05. The third-order valence-corrected chi connectivity index (χ3v) is 3.35. The summed E-state index contributed by atoms with van der Waals surface area (Å²) in [6, 6.07) is 3.94. The summed E-state index contributed by atoms with van der Waals surface area (Å²) >= 11 is 2.64. The molecule has 0 spiro atoms. The van der Waals surface area contributed by atoms with E-state index < -0.39 is 5.97 Å². The van der Waals surface area contributed by atoms with Crippen molar-refractivity contribution >= 4 is 29.1 Å². The van der Waals surface area contributed by atoms with E-state index in [0.717, 1.165) is 16.6 Å². The van der Waals surface area contributed by atoms with Crippen LogP contribution in [-0.4, -0.2) is 27.0 Å². The minimum Gasteiger partial charge on any atom is -0.481 e. The molecule has 0 atom stereocenters. The Morgan fingerprint density at radius 1 is 1.56 bits per heavy atom. The monoisotopic (exact) mass is 256 g/mol. The fraction of sp³-hybridized carbons (Fsp3) is 0.222. The van der Waals surface area contributed by atoms with Crippen molar-refractivity contribution in [1.82, 2.24) is 10.2 Å². The summed E-state index contributed by atoms with van der Waals surface area (Å²) < 4.78 is 5.29. The van der Waals surface area contributed by atoms with E-state index in [1.807, 2.05) is 17.5 Å². The summed E-state index contributed by atoms with van der Waals surface area (Å²) in [7, 11) is 0. The van der Waals surface area contributed by atoms with Gasteiger partial charge in [-0.25, -0.2) is 0 Å². The highest BCUT2D eigenvalue weighted by Gasteiger charge is 2.09. The Hall–Kier alpha value is -1.34. The Labute approximate surface area is 99.5 Å². The van der Waals surface area contributed by atoms with Crippen LogP contribution in [0.4, 0.5) is 0 Å². The molecule has 2 heterocycles. The normalized spacial score (nSPS) is 10.5. The molecule has 2 aromatic heterocycles. The van der Waals surface area contributed by atoms with Gasteiger partial charge in [-0.15, -0.1) is 21.5 Å². The quantitative estimate of drug-likeness (QED) is 0.823. The molecule has 0 aliphatic rings. The second-order valence-corrected chi connectivity index (χ2v) is 4.86. The number of hydrogen-bond acceptors (Lipinski definition) is 6. The lowest BCUT2D eigenvalue weighted by molar-refractivity contribution is -0.133. The van der Waals surface area contributed by atoms with E-state index in [1.54, 1.807) is 11.3 Å². The van der Waals surface area contributed by atoms with Gasteiger partial charge in [0.2, 0.25) is 5.89 Å². The first-order valence-electron chi connectivity index (χ1n) is 4.43. The number of carbonyl (C=O) groups is 1. The van der Waals surface area contributed by atoms with E-state index in [0.29, 0.717) is 17.5 Å². The highest BCUT2D eigenvalue weighted by molar-refractivity contribution is 7.99. The maximum atomic E-state index is 10.3. The van der Waals surface area contributed by atoms with Gasteiger partial charge in [0.1, 0.15) is 5.75 Å². The van der Waals surface area contributed by atoms with Gasteiger partial charge in [0.25, 0.3) is 5.22 Å². The van der Waals surface area contributed by atoms with Crippen molar-refractivity contribution in [1.29, 1.82) is 0 Å². The number of rotatable bonds is 5. The molecule has 7 heteroatoms. The van der Waals surface area contributed by atoms with Crippen LogP contribution >= 0.6 is 23.1 Å². The molecule has 0 fully saturated rings. The highest BCUT2D eigenvalue weighted by atomic mass is 32.2. The molecule has 84 valence electrons. The van der Waals surface area contributed by atoms with Crippen LogP contribution < -0.4 is 0 Å². The van der Waals surface area contributed by atoms with Crippen LogP contribution in [0.5, 0.6) is 0 Å². The van der Waals surface area contributed by atoms with Crippen LogP contribution in [0.25, 0.3) is 0 Å². The molecule has 0 amide bonds. The van der Waals surface area contributed by atoms with E-state index in [4.69, 9.17) is 9.52 Å². The van der Waals surface area contributed by atoms with Gasteiger partial charge in [-0.1, -0.05) is 17.8 Å². The van der Waals surface area contributed by atoms with Crippen molar-refractivity contribution in [2.45, 2.75) is 11.6 Å². The van der Waals surface area contributed by atoms with Gasteiger partial charge in [-0.05, 0) is 11.4 Å². The van der Waals surface area contributed by atoms with Crippen molar-refractivity contribution < 1.29 is 14.3 Å². The molecule has 0 saturated carbocycles. The first-order chi connectivity index (χ1) is 7.74. The van der Waals surface area contributed by atoms with Crippen molar-refractivity contribution in [2.24, 2.45) is 0 Å². The zero-order valence-corrected chi connectivity index (χ0v) is 9.75. The summed E-state index contributed by atoms with van der Waals surface area (Å²) in [6.07, 6.45) is 0.596. The first-order valence-corrected chi connectivity index (χ1v) is 6.30. The molecule has 0 bridgehead atoms. The number of carboxylic acid groups (broad SMARTS) is 1. The zero-order chi connectivity index (χ0) is 11.4. The minimum absolute atomic E-state index is 0.0688. The van der Waals surface area contributed by atoms with Gasteiger partial charge in [0.15, 0.2) is 0 Å². The number of aliphatic carboxylic acids is 1. The van der Waals surface area contributed by atoms with Gasteiger partial charge in [-0.2, -0.15) is 0 Å². The van der Waals surface area contributed by atoms with Crippen molar-refractivity contribution in [3.63, 3.8) is 0 Å². The van der Waals surface area contributed by atoms with Gasteiger partial charge in [0, 0.05) is 4.88 Å². The minimum atomic E-state index is -0.900. The van der Waals surface area contributed by atoms with E-state index in [-0.39, 0.29) is 5.75 Å². The van der Waals surface area contributed by atoms with Gasteiger partial charge >= 0.3 is 5.97 Å². The topological polar surface area (TPSA) is 76.2 Å². The molecule has 16 heavy (non-hydrogen) atoms. The molecule has 0 aliphatic carbocycles. The van der Waals surface area contributed by atoms with Crippen LogP contribution in [-0.2, 0) is 11.2 Å². The number of hydrogen-bond donors (Lipinski definition) is 1. The molecule has 0 aromatic carbocycles. The molecule has 1 N–H and O–H groups in total. The third kappa shape index (κ3) is 3.07. The lowest BCUT2D eigenvalue weighted by atomic mass is 10.3. The first kappa shape index (κ1) is 11.2. The predicted molar refractivity (Wildman–Crippen MR) is 59.8 cm³/mol.